The summed E-state index contributed by atoms with van der Waals surface area (Å²) in [5, 5.41) is 5.33. The van der Waals surface area contributed by atoms with Gasteiger partial charge in [0, 0.05) is 10.7 Å². The van der Waals surface area contributed by atoms with Crippen LogP contribution in [0.4, 0.5) is 16.2 Å². The van der Waals surface area contributed by atoms with Gasteiger partial charge >= 0.3 is 6.03 Å². The van der Waals surface area contributed by atoms with Crippen molar-refractivity contribution in [2.24, 2.45) is 0 Å². The van der Waals surface area contributed by atoms with Crippen LogP contribution in [-0.4, -0.2) is 37.5 Å². The zero-order valence-corrected chi connectivity index (χ0v) is 22.5. The standard InChI is InChI=1S/C29H26ClN3O6/c1-16-5-8-20(11-18(16)3)31-26(34)15-39-24-10-7-19(13-25(24)38-4)12-22-27(35)32-29(37)33(28(22)36)21-9-6-17(2)23(30)14-21/h5-14H,15H2,1-4H3,(H,31,34)(H,32,35,37)/b22-12+. The second-order valence-corrected chi connectivity index (χ2v) is 9.34. The van der Waals surface area contributed by atoms with Gasteiger partial charge in [0.2, 0.25) is 0 Å². The van der Waals surface area contributed by atoms with Crippen molar-refractivity contribution in [3.05, 3.63) is 87.4 Å². The minimum absolute atomic E-state index is 0.229. The van der Waals surface area contributed by atoms with Crippen LogP contribution in [0.3, 0.4) is 0 Å². The SMILES string of the molecule is COc1cc(/C=C2\C(=O)NC(=O)N(c3ccc(C)c(Cl)c3)C2=O)ccc1OCC(=O)Nc1ccc(C)c(C)c1. The molecule has 0 atom stereocenters. The highest BCUT2D eigenvalue weighted by molar-refractivity contribution is 6.39. The third kappa shape index (κ3) is 6.10. The molecule has 0 unspecified atom stereocenters. The fourth-order valence-corrected chi connectivity index (χ4v) is 4.01. The van der Waals surface area contributed by atoms with Crippen molar-refractivity contribution in [3.63, 3.8) is 0 Å². The highest BCUT2D eigenvalue weighted by Crippen LogP contribution is 2.31. The van der Waals surface area contributed by atoms with Crippen molar-refractivity contribution in [2.75, 3.05) is 23.9 Å². The molecule has 10 heteroatoms. The highest BCUT2D eigenvalue weighted by Gasteiger charge is 2.37. The van der Waals surface area contributed by atoms with E-state index in [-0.39, 0.29) is 29.5 Å². The summed E-state index contributed by atoms with van der Waals surface area (Å²) in [6.07, 6.45) is 1.34. The number of carbonyl (C=O) groups is 4. The van der Waals surface area contributed by atoms with Gasteiger partial charge in [-0.05, 0) is 85.5 Å². The molecule has 1 heterocycles. The van der Waals surface area contributed by atoms with E-state index >= 15 is 0 Å². The van der Waals surface area contributed by atoms with Gasteiger partial charge in [-0.3, -0.25) is 19.7 Å². The summed E-state index contributed by atoms with van der Waals surface area (Å²) < 4.78 is 11.0. The Morgan fingerprint density at radius 1 is 0.949 bits per heavy atom. The van der Waals surface area contributed by atoms with Crippen LogP contribution in [0.5, 0.6) is 11.5 Å². The molecule has 0 saturated carbocycles. The minimum atomic E-state index is -0.873. The summed E-state index contributed by atoms with van der Waals surface area (Å²) in [5.41, 5.74) is 4.02. The highest BCUT2D eigenvalue weighted by atomic mass is 35.5. The number of amides is 5. The van der Waals surface area contributed by atoms with Crippen LogP contribution >= 0.6 is 11.6 Å². The van der Waals surface area contributed by atoms with Crippen LogP contribution in [0.1, 0.15) is 22.3 Å². The first-order chi connectivity index (χ1) is 18.6. The number of halogens is 1. The Morgan fingerprint density at radius 2 is 1.69 bits per heavy atom. The molecule has 1 aliphatic heterocycles. The van der Waals surface area contributed by atoms with E-state index in [0.717, 1.165) is 21.6 Å². The number of urea groups is 1. The molecule has 0 spiro atoms. The molecule has 9 nitrogen and oxygen atoms in total. The summed E-state index contributed by atoms with van der Waals surface area (Å²) in [4.78, 5) is 51.4. The van der Waals surface area contributed by atoms with E-state index in [1.165, 1.54) is 19.3 Å². The second-order valence-electron chi connectivity index (χ2n) is 8.94. The molecule has 39 heavy (non-hydrogen) atoms. The van der Waals surface area contributed by atoms with Gasteiger partial charge in [0.05, 0.1) is 12.8 Å². The van der Waals surface area contributed by atoms with Crippen molar-refractivity contribution >= 4 is 52.8 Å². The van der Waals surface area contributed by atoms with Crippen molar-refractivity contribution in [3.8, 4) is 11.5 Å². The van der Waals surface area contributed by atoms with E-state index < -0.39 is 17.8 Å². The van der Waals surface area contributed by atoms with Crippen molar-refractivity contribution in [2.45, 2.75) is 20.8 Å². The van der Waals surface area contributed by atoms with Crippen LogP contribution in [0.15, 0.2) is 60.2 Å². The van der Waals surface area contributed by atoms with Crippen LogP contribution in [-0.2, 0) is 14.4 Å². The molecule has 200 valence electrons. The average Bonchev–Trinajstić information content (AvgIpc) is 2.89. The molecule has 3 aromatic carbocycles. The third-order valence-electron chi connectivity index (χ3n) is 6.16. The van der Waals surface area contributed by atoms with Crippen LogP contribution in [0.2, 0.25) is 5.02 Å². The zero-order chi connectivity index (χ0) is 28.3. The molecule has 4 rings (SSSR count). The number of methoxy groups -OCH3 is 1. The first kappa shape index (κ1) is 27.4. The number of nitrogens with one attached hydrogen (secondary N) is 2. The molecular formula is C29H26ClN3O6. The van der Waals surface area contributed by atoms with E-state index in [9.17, 15) is 19.2 Å². The fraction of sp³-hybridized carbons (Fsp3) is 0.172. The number of aryl methyl sites for hydroxylation is 3. The molecule has 1 aliphatic rings. The Balaban J connectivity index is 1.51. The molecule has 0 aliphatic carbocycles. The molecular weight excluding hydrogens is 522 g/mol. The van der Waals surface area contributed by atoms with Gasteiger partial charge in [-0.15, -0.1) is 0 Å². The molecule has 2 N–H and O–H groups in total. The van der Waals surface area contributed by atoms with Crippen LogP contribution in [0, 0.1) is 20.8 Å². The Labute approximate surface area is 230 Å². The molecule has 0 radical (unpaired) electrons. The molecule has 1 saturated heterocycles. The topological polar surface area (TPSA) is 114 Å². The monoisotopic (exact) mass is 547 g/mol. The number of rotatable bonds is 7. The molecule has 0 aromatic heterocycles. The van der Waals surface area contributed by atoms with E-state index in [1.807, 2.05) is 32.0 Å². The van der Waals surface area contributed by atoms with Crippen LogP contribution in [0.25, 0.3) is 6.08 Å². The fourth-order valence-electron chi connectivity index (χ4n) is 3.83. The first-order valence-corrected chi connectivity index (χ1v) is 12.3. The number of imide groups is 2. The normalized spacial score (nSPS) is 14.3. The van der Waals surface area contributed by atoms with Gasteiger partial charge in [0.1, 0.15) is 5.57 Å². The van der Waals surface area contributed by atoms with Gasteiger partial charge in [0.25, 0.3) is 17.7 Å². The van der Waals surface area contributed by atoms with Crippen molar-refractivity contribution < 1.29 is 28.7 Å². The Hall–Kier alpha value is -4.63. The van der Waals surface area contributed by atoms with Gasteiger partial charge in [0.15, 0.2) is 18.1 Å². The smallest absolute Gasteiger partial charge is 0.335 e. The predicted molar refractivity (Wildman–Crippen MR) is 148 cm³/mol. The molecule has 1 fully saturated rings. The van der Waals surface area contributed by atoms with Crippen molar-refractivity contribution in [1.29, 1.82) is 0 Å². The third-order valence-corrected chi connectivity index (χ3v) is 6.57. The van der Waals surface area contributed by atoms with Crippen LogP contribution < -0.4 is 25.0 Å². The minimum Gasteiger partial charge on any atom is -0.493 e. The van der Waals surface area contributed by atoms with Gasteiger partial charge < -0.3 is 14.8 Å². The van der Waals surface area contributed by atoms with E-state index in [4.69, 9.17) is 21.1 Å². The number of ether oxygens (including phenoxy) is 2. The number of carbonyl (C=O) groups excluding carboxylic acids is 4. The Morgan fingerprint density at radius 3 is 2.38 bits per heavy atom. The lowest BCUT2D eigenvalue weighted by atomic mass is 10.1. The van der Waals surface area contributed by atoms with Gasteiger partial charge in [-0.1, -0.05) is 29.8 Å². The predicted octanol–water partition coefficient (Wildman–Crippen LogP) is 4.96. The quantitative estimate of drug-likeness (QED) is 0.319. The molecule has 5 amide bonds. The first-order valence-electron chi connectivity index (χ1n) is 11.9. The van der Waals surface area contributed by atoms with E-state index in [2.05, 4.69) is 10.6 Å². The maximum atomic E-state index is 13.2. The van der Waals surface area contributed by atoms with Crippen molar-refractivity contribution in [1.82, 2.24) is 5.32 Å². The maximum absolute atomic E-state index is 13.2. The van der Waals surface area contributed by atoms with E-state index in [0.29, 0.717) is 22.0 Å². The largest absolute Gasteiger partial charge is 0.493 e. The molecule has 3 aromatic rings. The number of hydrogen-bond acceptors (Lipinski definition) is 6. The zero-order valence-electron chi connectivity index (χ0n) is 21.8. The summed E-state index contributed by atoms with van der Waals surface area (Å²) >= 11 is 6.17. The average molecular weight is 548 g/mol. The summed E-state index contributed by atoms with van der Waals surface area (Å²) in [7, 11) is 1.42. The van der Waals surface area contributed by atoms with Gasteiger partial charge in [-0.25, -0.2) is 9.69 Å². The summed E-state index contributed by atoms with van der Waals surface area (Å²) in [6.45, 7) is 5.47. The lowest BCUT2D eigenvalue weighted by Crippen LogP contribution is -2.54. The van der Waals surface area contributed by atoms with Gasteiger partial charge in [-0.2, -0.15) is 0 Å². The Bertz CT molecular complexity index is 1530. The summed E-state index contributed by atoms with van der Waals surface area (Å²) in [6, 6.07) is 14.2. The number of barbiturate groups is 1. The Kier molecular flexibility index (Phi) is 8.01. The summed E-state index contributed by atoms with van der Waals surface area (Å²) in [5.74, 6) is -1.41. The number of anilines is 2. The molecule has 0 bridgehead atoms. The number of nitrogens with zero attached hydrogens (tertiary/aromatic N) is 1. The number of benzene rings is 3. The lowest BCUT2D eigenvalue weighted by Gasteiger charge is -2.26. The maximum Gasteiger partial charge on any atom is 0.335 e. The second kappa shape index (κ2) is 11.4. The number of hydrogen-bond donors (Lipinski definition) is 2. The van der Waals surface area contributed by atoms with E-state index in [1.54, 1.807) is 37.3 Å². The lowest BCUT2D eigenvalue weighted by molar-refractivity contribution is -0.122.